The average molecular weight is 392 g/mol. The Bertz CT molecular complexity index is 818. The number of anilines is 1. The summed E-state index contributed by atoms with van der Waals surface area (Å²) in [5, 5.41) is 8.60. The smallest absolute Gasteiger partial charge is 0.396 e. The van der Waals surface area contributed by atoms with Crippen LogP contribution < -0.4 is 10.2 Å². The van der Waals surface area contributed by atoms with Gasteiger partial charge in [0.15, 0.2) is 10.8 Å². The van der Waals surface area contributed by atoms with Crippen LogP contribution >= 0.6 is 11.8 Å². The first-order valence-electron chi connectivity index (χ1n) is 9.20. The Morgan fingerprint density at radius 2 is 2.04 bits per heavy atom. The highest BCUT2D eigenvalue weighted by Crippen LogP contribution is 2.29. The fourth-order valence-corrected chi connectivity index (χ4v) is 3.55. The molecule has 0 bridgehead atoms. The molecule has 0 aromatic carbocycles. The number of carbonyl (C=O) groups excluding carboxylic acids is 2. The molecule has 1 aliphatic rings. The molecule has 0 spiro atoms. The third kappa shape index (κ3) is 4.49. The van der Waals surface area contributed by atoms with Crippen molar-refractivity contribution in [2.24, 2.45) is 0 Å². The monoisotopic (exact) mass is 392 g/mol. The third-order valence-corrected chi connectivity index (χ3v) is 4.93. The summed E-state index contributed by atoms with van der Waals surface area (Å²) in [6, 6.07) is 0. The summed E-state index contributed by atoms with van der Waals surface area (Å²) < 4.78 is 6.41. The number of hydrogen-bond donors (Lipinski definition) is 1. The normalized spacial score (nSPS) is 13.9. The Hall–Kier alpha value is -2.36. The number of esters is 1. The van der Waals surface area contributed by atoms with Crippen molar-refractivity contribution in [2.75, 3.05) is 36.9 Å². The number of nitrogens with one attached hydrogen (secondary N) is 1. The van der Waals surface area contributed by atoms with Gasteiger partial charge in [-0.3, -0.25) is 4.79 Å². The molecule has 0 aliphatic carbocycles. The van der Waals surface area contributed by atoms with E-state index in [4.69, 9.17) is 4.98 Å². The summed E-state index contributed by atoms with van der Waals surface area (Å²) in [6.07, 6.45) is 4.10. The molecule has 27 heavy (non-hydrogen) atoms. The van der Waals surface area contributed by atoms with E-state index in [1.54, 1.807) is 29.6 Å². The number of carbonyl (C=O) groups is 2. The number of nitrogens with zero attached hydrogens (tertiary/aromatic N) is 5. The van der Waals surface area contributed by atoms with Crippen LogP contribution in [-0.4, -0.2) is 63.6 Å². The zero-order chi connectivity index (χ0) is 19.2. The summed E-state index contributed by atoms with van der Waals surface area (Å²) in [6.45, 7) is 6.53. The summed E-state index contributed by atoms with van der Waals surface area (Å²) >= 11 is 1.59. The first-order chi connectivity index (χ1) is 13.1. The van der Waals surface area contributed by atoms with Gasteiger partial charge in [0, 0.05) is 19.6 Å². The highest BCUT2D eigenvalue weighted by atomic mass is 32.2. The molecule has 0 unspecified atom stereocenters. The van der Waals surface area contributed by atoms with Crippen LogP contribution in [0.4, 0.5) is 5.82 Å². The Morgan fingerprint density at radius 1 is 1.26 bits per heavy atom. The second-order valence-electron chi connectivity index (χ2n) is 6.04. The standard InChI is InChI=1S/C17H24N6O3S/c1-3-26-16(25)15(24)18-7-10-23-14-12(11-19-23)13(22-8-5-6-9-22)20-17(21-14)27-4-2/h11H,3-10H2,1-2H3,(H,18,24). The summed E-state index contributed by atoms with van der Waals surface area (Å²) in [4.78, 5) is 34.7. The van der Waals surface area contributed by atoms with Gasteiger partial charge in [-0.25, -0.2) is 19.4 Å². The Morgan fingerprint density at radius 3 is 2.74 bits per heavy atom. The molecule has 1 amide bonds. The van der Waals surface area contributed by atoms with E-state index < -0.39 is 11.9 Å². The molecule has 2 aromatic rings. The zero-order valence-electron chi connectivity index (χ0n) is 15.6. The van der Waals surface area contributed by atoms with Gasteiger partial charge >= 0.3 is 11.9 Å². The number of rotatable bonds is 7. The topological polar surface area (TPSA) is 102 Å². The molecule has 10 heteroatoms. The molecule has 0 radical (unpaired) electrons. The molecule has 1 saturated heterocycles. The molecule has 2 aromatic heterocycles. The summed E-state index contributed by atoms with van der Waals surface area (Å²) in [5.74, 6) is 0.190. The Kier molecular flexibility index (Phi) is 6.49. The minimum Gasteiger partial charge on any atom is -0.459 e. The quantitative estimate of drug-likeness (QED) is 0.325. The Labute approximate surface area is 161 Å². The highest BCUT2D eigenvalue weighted by molar-refractivity contribution is 7.99. The number of ether oxygens (including phenoxy) is 1. The van der Waals surface area contributed by atoms with Gasteiger partial charge in [0.1, 0.15) is 5.82 Å². The van der Waals surface area contributed by atoms with Gasteiger partial charge in [0.05, 0.1) is 24.7 Å². The molecule has 1 fully saturated rings. The van der Waals surface area contributed by atoms with Crippen LogP contribution in [-0.2, 0) is 20.9 Å². The molecule has 146 valence electrons. The minimum atomic E-state index is -0.872. The summed E-state index contributed by atoms with van der Waals surface area (Å²) in [7, 11) is 0. The lowest BCUT2D eigenvalue weighted by Crippen LogP contribution is -2.34. The molecule has 0 saturated carbocycles. The van der Waals surface area contributed by atoms with Gasteiger partial charge in [-0.05, 0) is 25.5 Å². The van der Waals surface area contributed by atoms with Crippen molar-refractivity contribution in [2.45, 2.75) is 38.4 Å². The lowest BCUT2D eigenvalue weighted by molar-refractivity contribution is -0.154. The van der Waals surface area contributed by atoms with E-state index in [1.807, 2.05) is 0 Å². The second kappa shape index (κ2) is 9.03. The Balaban J connectivity index is 1.78. The number of fused-ring (bicyclic) bond motifs is 1. The van der Waals surface area contributed by atoms with Gasteiger partial charge in [0.25, 0.3) is 0 Å². The van der Waals surface area contributed by atoms with E-state index >= 15 is 0 Å². The molecular weight excluding hydrogens is 368 g/mol. The molecule has 1 N–H and O–H groups in total. The van der Waals surface area contributed by atoms with Gasteiger partial charge in [0.2, 0.25) is 0 Å². The fraction of sp³-hybridized carbons (Fsp3) is 0.588. The van der Waals surface area contributed by atoms with E-state index in [-0.39, 0.29) is 13.2 Å². The van der Waals surface area contributed by atoms with Gasteiger partial charge < -0.3 is 15.0 Å². The third-order valence-electron chi connectivity index (χ3n) is 4.20. The van der Waals surface area contributed by atoms with Gasteiger partial charge in [-0.15, -0.1) is 0 Å². The first-order valence-corrected chi connectivity index (χ1v) is 10.2. The maximum absolute atomic E-state index is 11.6. The van der Waals surface area contributed by atoms with Crippen molar-refractivity contribution in [3.63, 3.8) is 0 Å². The number of amides is 1. The van der Waals surface area contributed by atoms with Crippen LogP contribution in [0.25, 0.3) is 11.0 Å². The van der Waals surface area contributed by atoms with Crippen molar-refractivity contribution >= 4 is 40.5 Å². The molecule has 1 aliphatic heterocycles. The minimum absolute atomic E-state index is 0.171. The van der Waals surface area contributed by atoms with Crippen LogP contribution in [0.15, 0.2) is 11.4 Å². The number of thioether (sulfide) groups is 1. The largest absolute Gasteiger partial charge is 0.459 e. The molecule has 0 atom stereocenters. The molecule has 3 rings (SSSR count). The predicted molar refractivity (Wildman–Crippen MR) is 103 cm³/mol. The van der Waals surface area contributed by atoms with E-state index in [0.717, 1.165) is 53.7 Å². The highest BCUT2D eigenvalue weighted by Gasteiger charge is 2.21. The van der Waals surface area contributed by atoms with Crippen LogP contribution in [0, 0.1) is 0 Å². The molecule has 9 nitrogen and oxygen atoms in total. The van der Waals surface area contributed by atoms with E-state index in [1.165, 1.54) is 0 Å². The fourth-order valence-electron chi connectivity index (χ4n) is 2.99. The molecular formula is C17H24N6O3S. The lowest BCUT2D eigenvalue weighted by atomic mass is 10.3. The van der Waals surface area contributed by atoms with Crippen LogP contribution in [0.2, 0.25) is 0 Å². The number of aromatic nitrogens is 4. The number of hydrogen-bond acceptors (Lipinski definition) is 8. The van der Waals surface area contributed by atoms with Crippen molar-refractivity contribution in [1.29, 1.82) is 0 Å². The lowest BCUT2D eigenvalue weighted by Gasteiger charge is -2.17. The van der Waals surface area contributed by atoms with E-state index in [9.17, 15) is 9.59 Å². The van der Waals surface area contributed by atoms with Crippen LogP contribution in [0.1, 0.15) is 26.7 Å². The van der Waals surface area contributed by atoms with Crippen molar-refractivity contribution < 1.29 is 14.3 Å². The van der Waals surface area contributed by atoms with E-state index in [2.05, 4.69) is 32.0 Å². The van der Waals surface area contributed by atoms with Crippen molar-refractivity contribution in [3.8, 4) is 0 Å². The van der Waals surface area contributed by atoms with Gasteiger partial charge in [-0.1, -0.05) is 18.7 Å². The van der Waals surface area contributed by atoms with Crippen LogP contribution in [0.3, 0.4) is 0 Å². The van der Waals surface area contributed by atoms with Crippen molar-refractivity contribution in [3.05, 3.63) is 6.20 Å². The first kappa shape index (κ1) is 19.4. The summed E-state index contributed by atoms with van der Waals surface area (Å²) in [5.41, 5.74) is 0.744. The van der Waals surface area contributed by atoms with Crippen molar-refractivity contribution in [1.82, 2.24) is 25.1 Å². The van der Waals surface area contributed by atoms with Crippen LogP contribution in [0.5, 0.6) is 0 Å². The SMILES string of the molecule is CCOC(=O)C(=O)NCCn1ncc2c(N3CCCC3)nc(SCC)nc21. The average Bonchev–Trinajstić information content (AvgIpc) is 3.32. The molecule has 3 heterocycles. The maximum atomic E-state index is 11.6. The van der Waals surface area contributed by atoms with E-state index in [0.29, 0.717) is 6.54 Å². The second-order valence-corrected chi connectivity index (χ2v) is 7.27. The predicted octanol–water partition coefficient (Wildman–Crippen LogP) is 1.22. The van der Waals surface area contributed by atoms with Gasteiger partial charge in [-0.2, -0.15) is 5.10 Å². The zero-order valence-corrected chi connectivity index (χ0v) is 16.4. The maximum Gasteiger partial charge on any atom is 0.396 e.